The summed E-state index contributed by atoms with van der Waals surface area (Å²) in [5.41, 5.74) is 0. The van der Waals surface area contributed by atoms with Gasteiger partial charge in [0.05, 0.1) is 12.2 Å². The van der Waals surface area contributed by atoms with Crippen LogP contribution in [0, 0.1) is 11.8 Å². The summed E-state index contributed by atoms with van der Waals surface area (Å²) in [6.45, 7) is 5.47. The molecule has 1 aliphatic rings. The Bertz CT molecular complexity index is 233. The van der Waals surface area contributed by atoms with Gasteiger partial charge in [-0.2, -0.15) is 0 Å². The van der Waals surface area contributed by atoms with Gasteiger partial charge < -0.3 is 10.2 Å². The van der Waals surface area contributed by atoms with Gasteiger partial charge in [-0.05, 0) is 44.2 Å². The summed E-state index contributed by atoms with van der Waals surface area (Å²) in [7, 11) is 0. The van der Waals surface area contributed by atoms with Gasteiger partial charge in [0.25, 0.3) is 0 Å². The van der Waals surface area contributed by atoms with Gasteiger partial charge in [-0.1, -0.05) is 6.92 Å². The third-order valence-electron chi connectivity index (χ3n) is 3.20. The fourth-order valence-corrected chi connectivity index (χ4v) is 3.21. The highest BCUT2D eigenvalue weighted by Gasteiger charge is 2.38. The molecule has 4 unspecified atom stereocenters. The second kappa shape index (κ2) is 4.38. The van der Waals surface area contributed by atoms with Crippen LogP contribution in [0.25, 0.3) is 0 Å². The molecule has 0 aromatic heterocycles. The van der Waals surface area contributed by atoms with Crippen LogP contribution < -0.4 is 0 Å². The third kappa shape index (κ3) is 3.12. The van der Waals surface area contributed by atoms with Gasteiger partial charge in [-0.25, -0.2) is 0 Å². The molecule has 1 saturated carbocycles. The molecule has 0 aliphatic heterocycles. The zero-order valence-electron chi connectivity index (χ0n) is 9.48. The highest BCUT2D eigenvalue weighted by atomic mass is 31.2. The maximum atomic E-state index is 9.77. The normalized spacial score (nSPS) is 38.9. The Morgan fingerprint density at radius 1 is 1.29 bits per heavy atom. The van der Waals surface area contributed by atoms with E-state index in [1.165, 1.54) is 0 Å². The van der Waals surface area contributed by atoms with Crippen molar-refractivity contribution >= 4 is 13.2 Å². The molecule has 14 heavy (non-hydrogen) atoms. The predicted octanol–water partition coefficient (Wildman–Crippen LogP) is 1.46. The Morgan fingerprint density at radius 2 is 1.86 bits per heavy atom. The zero-order chi connectivity index (χ0) is 10.9. The Kier molecular flexibility index (Phi) is 3.85. The van der Waals surface area contributed by atoms with Crippen molar-refractivity contribution in [1.29, 1.82) is 0 Å². The predicted molar refractivity (Wildman–Crippen MR) is 64.7 cm³/mol. The molecule has 2 nitrogen and oxygen atoms in total. The SMILES string of the molecule is C=P(C)(C)CCC1CC(C)C(O)C1O. The van der Waals surface area contributed by atoms with Crippen LogP contribution in [0.2, 0.25) is 0 Å². The van der Waals surface area contributed by atoms with Gasteiger partial charge in [0.15, 0.2) is 0 Å². The van der Waals surface area contributed by atoms with Crippen LogP contribution in [0.3, 0.4) is 0 Å². The van der Waals surface area contributed by atoms with Crippen LogP contribution in [0.1, 0.15) is 19.8 Å². The standard InChI is InChI=1S/C11H23O2P/c1-8-7-9(11(13)10(8)12)5-6-14(2,3)4/h8-13H,2,5-7H2,1,3-4H3. The van der Waals surface area contributed by atoms with Crippen molar-refractivity contribution < 1.29 is 10.2 Å². The monoisotopic (exact) mass is 218 g/mol. The van der Waals surface area contributed by atoms with Crippen molar-refractivity contribution in [2.75, 3.05) is 19.5 Å². The molecule has 1 aliphatic carbocycles. The minimum Gasteiger partial charge on any atom is -0.390 e. The number of hydrogen-bond acceptors (Lipinski definition) is 2. The van der Waals surface area contributed by atoms with Crippen molar-refractivity contribution in [2.45, 2.75) is 32.0 Å². The van der Waals surface area contributed by atoms with E-state index < -0.39 is 19.1 Å². The lowest BCUT2D eigenvalue weighted by molar-refractivity contribution is 0.00639. The lowest BCUT2D eigenvalue weighted by Gasteiger charge is -2.19. The van der Waals surface area contributed by atoms with Crippen molar-refractivity contribution in [1.82, 2.24) is 0 Å². The third-order valence-corrected chi connectivity index (χ3v) is 4.66. The quantitative estimate of drug-likeness (QED) is 0.704. The first-order chi connectivity index (χ1) is 6.31. The van der Waals surface area contributed by atoms with Crippen LogP contribution in [-0.4, -0.2) is 48.2 Å². The average molecular weight is 218 g/mol. The number of aliphatic hydroxyl groups excluding tert-OH is 2. The van der Waals surface area contributed by atoms with Crippen LogP contribution in [0.4, 0.5) is 0 Å². The Labute approximate surface area is 87.3 Å². The highest BCUT2D eigenvalue weighted by molar-refractivity contribution is 7.72. The highest BCUT2D eigenvalue weighted by Crippen LogP contribution is 2.41. The summed E-state index contributed by atoms with van der Waals surface area (Å²) < 4.78 is 0. The first-order valence-electron chi connectivity index (χ1n) is 5.35. The van der Waals surface area contributed by atoms with Gasteiger partial charge in [-0.15, -0.1) is 13.2 Å². The first-order valence-corrected chi connectivity index (χ1v) is 8.40. The summed E-state index contributed by atoms with van der Waals surface area (Å²) in [4.78, 5) is 0. The van der Waals surface area contributed by atoms with E-state index >= 15 is 0 Å². The Morgan fingerprint density at radius 3 is 2.21 bits per heavy atom. The second-order valence-corrected chi connectivity index (χ2v) is 9.72. The van der Waals surface area contributed by atoms with Gasteiger partial charge in [0, 0.05) is 0 Å². The molecule has 0 radical (unpaired) electrons. The summed E-state index contributed by atoms with van der Waals surface area (Å²) in [6, 6.07) is 0. The minimum atomic E-state index is -0.977. The topological polar surface area (TPSA) is 40.5 Å². The van der Waals surface area contributed by atoms with Gasteiger partial charge >= 0.3 is 0 Å². The van der Waals surface area contributed by atoms with Crippen molar-refractivity contribution in [3.63, 3.8) is 0 Å². The van der Waals surface area contributed by atoms with E-state index in [0.29, 0.717) is 5.92 Å². The van der Waals surface area contributed by atoms with Crippen molar-refractivity contribution in [3.8, 4) is 0 Å². The van der Waals surface area contributed by atoms with E-state index in [9.17, 15) is 10.2 Å². The summed E-state index contributed by atoms with van der Waals surface area (Å²) in [6.07, 6.45) is 6.25. The summed E-state index contributed by atoms with van der Waals surface area (Å²) in [5.74, 6) is 0.544. The molecule has 2 N–H and O–H groups in total. The van der Waals surface area contributed by atoms with E-state index in [-0.39, 0.29) is 5.92 Å². The molecular formula is C11H23O2P. The lowest BCUT2D eigenvalue weighted by atomic mass is 10.0. The van der Waals surface area contributed by atoms with Gasteiger partial charge in [0.1, 0.15) is 0 Å². The Hall–Kier alpha value is 0.220. The molecule has 0 heterocycles. The molecule has 0 bridgehead atoms. The average Bonchev–Trinajstić information content (AvgIpc) is 2.28. The van der Waals surface area contributed by atoms with Gasteiger partial charge in [-0.3, -0.25) is 0 Å². The molecule has 84 valence electrons. The van der Waals surface area contributed by atoms with Crippen molar-refractivity contribution in [3.05, 3.63) is 0 Å². The molecule has 0 amide bonds. The summed E-state index contributed by atoms with van der Waals surface area (Å²) >= 11 is 0. The molecule has 0 aromatic carbocycles. The maximum absolute atomic E-state index is 9.77. The van der Waals surface area contributed by atoms with Crippen LogP contribution in [-0.2, 0) is 0 Å². The van der Waals surface area contributed by atoms with E-state index in [4.69, 9.17) is 0 Å². The summed E-state index contributed by atoms with van der Waals surface area (Å²) in [5, 5.41) is 19.4. The smallest absolute Gasteiger partial charge is 0.0830 e. The molecule has 3 heteroatoms. The van der Waals surface area contributed by atoms with Gasteiger partial charge in [0.2, 0.25) is 0 Å². The molecule has 1 fully saturated rings. The second-order valence-electron chi connectivity index (χ2n) is 5.40. The Balaban J connectivity index is 2.44. The largest absolute Gasteiger partial charge is 0.390 e. The van der Waals surface area contributed by atoms with Crippen molar-refractivity contribution in [2.24, 2.45) is 11.8 Å². The fraction of sp³-hybridized carbons (Fsp3) is 0.909. The van der Waals surface area contributed by atoms with E-state index in [1.807, 2.05) is 6.92 Å². The number of aliphatic hydroxyl groups is 2. The fourth-order valence-electron chi connectivity index (χ4n) is 2.18. The zero-order valence-corrected chi connectivity index (χ0v) is 10.4. The molecule has 0 aromatic rings. The number of rotatable bonds is 3. The molecule has 4 atom stereocenters. The lowest BCUT2D eigenvalue weighted by Crippen LogP contribution is -2.27. The van der Waals surface area contributed by atoms with E-state index in [0.717, 1.165) is 19.0 Å². The molecule has 0 spiro atoms. The number of hydrogen-bond donors (Lipinski definition) is 2. The molecule has 1 rings (SSSR count). The van der Waals surface area contributed by atoms with Crippen LogP contribution >= 0.6 is 6.89 Å². The van der Waals surface area contributed by atoms with E-state index in [2.05, 4.69) is 19.6 Å². The van der Waals surface area contributed by atoms with Crippen LogP contribution in [0.5, 0.6) is 0 Å². The first kappa shape index (κ1) is 12.3. The molecule has 0 saturated heterocycles. The minimum absolute atomic E-state index is 0.251. The molecular weight excluding hydrogens is 195 g/mol. The van der Waals surface area contributed by atoms with Crippen LogP contribution in [0.15, 0.2) is 0 Å². The maximum Gasteiger partial charge on any atom is 0.0830 e. The van der Waals surface area contributed by atoms with E-state index in [1.54, 1.807) is 0 Å².